The van der Waals surface area contributed by atoms with Crippen LogP contribution in [0.4, 0.5) is 15.7 Å². The Morgan fingerprint density at radius 2 is 1.66 bits per heavy atom. The van der Waals surface area contributed by atoms with Gasteiger partial charge in [0.1, 0.15) is 5.82 Å². The van der Waals surface area contributed by atoms with Gasteiger partial charge in [-0.25, -0.2) is 14.8 Å². The highest BCUT2D eigenvalue weighted by Crippen LogP contribution is 2.18. The van der Waals surface area contributed by atoms with E-state index in [0.29, 0.717) is 50.1 Å². The van der Waals surface area contributed by atoms with E-state index in [1.54, 1.807) is 16.0 Å². The first-order chi connectivity index (χ1) is 15.5. The highest BCUT2D eigenvalue weighted by Gasteiger charge is 2.24. The van der Waals surface area contributed by atoms with Gasteiger partial charge in [-0.2, -0.15) is 0 Å². The summed E-state index contributed by atoms with van der Waals surface area (Å²) in [5.74, 6) is 0.994. The number of urea groups is 1. The van der Waals surface area contributed by atoms with Crippen LogP contribution in [0.1, 0.15) is 12.6 Å². The van der Waals surface area contributed by atoms with E-state index in [2.05, 4.69) is 20.2 Å². The van der Waals surface area contributed by atoms with Gasteiger partial charge in [0.2, 0.25) is 11.8 Å². The maximum atomic E-state index is 12.7. The van der Waals surface area contributed by atoms with E-state index >= 15 is 0 Å². The number of aromatic nitrogens is 2. The molecule has 2 aromatic heterocycles. The fraction of sp³-hybridized carbons (Fsp3) is 0.476. The van der Waals surface area contributed by atoms with Gasteiger partial charge < -0.3 is 19.6 Å². The second kappa shape index (κ2) is 9.94. The number of rotatable bonds is 4. The first-order valence-corrected chi connectivity index (χ1v) is 11.6. The molecule has 2 aliphatic heterocycles. The Morgan fingerprint density at radius 3 is 2.31 bits per heavy atom. The number of thiazole rings is 1. The topological polar surface area (TPSA) is 102 Å². The van der Waals surface area contributed by atoms with E-state index in [0.717, 1.165) is 18.9 Å². The van der Waals surface area contributed by atoms with Crippen molar-refractivity contribution in [1.29, 1.82) is 0 Å². The number of nitrogens with one attached hydrogen (secondary N) is 1. The van der Waals surface area contributed by atoms with Crippen LogP contribution in [-0.4, -0.2) is 94.9 Å². The quantitative estimate of drug-likeness (QED) is 0.738. The van der Waals surface area contributed by atoms with Crippen molar-refractivity contribution in [3.05, 3.63) is 35.5 Å². The highest BCUT2D eigenvalue weighted by atomic mass is 32.1. The molecule has 0 bridgehead atoms. The molecule has 2 aromatic rings. The van der Waals surface area contributed by atoms with E-state index in [9.17, 15) is 14.4 Å². The molecule has 0 atom stereocenters. The van der Waals surface area contributed by atoms with Crippen molar-refractivity contribution >= 4 is 40.1 Å². The summed E-state index contributed by atoms with van der Waals surface area (Å²) in [7, 11) is 0. The Kier molecular flexibility index (Phi) is 6.84. The molecule has 0 aromatic carbocycles. The third-order valence-corrected chi connectivity index (χ3v) is 6.52. The lowest BCUT2D eigenvalue weighted by atomic mass is 10.2. The largest absolute Gasteiger partial charge is 0.353 e. The monoisotopic (exact) mass is 457 g/mol. The third-order valence-electron chi connectivity index (χ3n) is 5.72. The molecule has 2 fully saturated rings. The Labute approximate surface area is 190 Å². The third kappa shape index (κ3) is 5.34. The minimum atomic E-state index is -0.230. The minimum Gasteiger partial charge on any atom is -0.353 e. The molecule has 10 nitrogen and oxygen atoms in total. The van der Waals surface area contributed by atoms with Crippen LogP contribution in [0.25, 0.3) is 0 Å². The predicted octanol–water partition coefficient (Wildman–Crippen LogP) is 1.13. The molecule has 0 radical (unpaired) electrons. The number of carbonyl (C=O) groups excluding carboxylic acids is 3. The molecule has 0 saturated carbocycles. The summed E-state index contributed by atoms with van der Waals surface area (Å²) in [6, 6.07) is 5.60. The molecular formula is C21H27N7O3S. The Hall–Kier alpha value is -3.21. The average molecular weight is 458 g/mol. The number of pyridine rings is 1. The average Bonchev–Trinajstić information content (AvgIpc) is 3.26. The van der Waals surface area contributed by atoms with Crippen LogP contribution in [0.3, 0.4) is 0 Å². The Morgan fingerprint density at radius 1 is 0.969 bits per heavy atom. The van der Waals surface area contributed by atoms with Crippen molar-refractivity contribution in [3.63, 3.8) is 0 Å². The molecule has 2 aliphatic rings. The Bertz CT molecular complexity index is 951. The second-order valence-electron chi connectivity index (χ2n) is 7.80. The van der Waals surface area contributed by atoms with E-state index in [4.69, 9.17) is 0 Å². The zero-order valence-corrected chi connectivity index (χ0v) is 18.9. The van der Waals surface area contributed by atoms with E-state index in [1.807, 2.05) is 28.5 Å². The van der Waals surface area contributed by atoms with Crippen molar-refractivity contribution in [3.8, 4) is 0 Å². The SMILES string of the molecule is CC(=O)N1CCN(C(=O)Nc2nc(CC(=O)N3CCN(c4ccccn4)CC3)cs2)CC1. The molecule has 4 rings (SSSR count). The number of anilines is 2. The van der Waals surface area contributed by atoms with Gasteiger partial charge in [-0.1, -0.05) is 6.07 Å². The maximum Gasteiger partial charge on any atom is 0.323 e. The number of hydrogen-bond acceptors (Lipinski definition) is 7. The molecule has 4 amide bonds. The molecular weight excluding hydrogens is 430 g/mol. The molecule has 4 heterocycles. The van der Waals surface area contributed by atoms with Crippen molar-refractivity contribution in [2.45, 2.75) is 13.3 Å². The molecule has 0 spiro atoms. The molecule has 1 N–H and O–H groups in total. The molecule has 170 valence electrons. The number of carbonyl (C=O) groups is 3. The lowest BCUT2D eigenvalue weighted by Crippen LogP contribution is -2.51. The normalized spacial score (nSPS) is 16.8. The number of nitrogens with zero attached hydrogens (tertiary/aromatic N) is 6. The van der Waals surface area contributed by atoms with Gasteiger partial charge in [-0.15, -0.1) is 11.3 Å². The highest BCUT2D eigenvalue weighted by molar-refractivity contribution is 7.13. The molecule has 0 aliphatic carbocycles. The van der Waals surface area contributed by atoms with Crippen molar-refractivity contribution in [1.82, 2.24) is 24.7 Å². The van der Waals surface area contributed by atoms with Gasteiger partial charge in [0, 0.05) is 70.9 Å². The fourth-order valence-electron chi connectivity index (χ4n) is 3.83. The van der Waals surface area contributed by atoms with Gasteiger partial charge in [-0.05, 0) is 12.1 Å². The summed E-state index contributed by atoms with van der Waals surface area (Å²) in [4.78, 5) is 52.8. The summed E-state index contributed by atoms with van der Waals surface area (Å²) in [5.41, 5.74) is 0.656. The predicted molar refractivity (Wildman–Crippen MR) is 122 cm³/mol. The summed E-state index contributed by atoms with van der Waals surface area (Å²) in [5, 5.41) is 5.09. The fourth-order valence-corrected chi connectivity index (χ4v) is 4.53. The summed E-state index contributed by atoms with van der Waals surface area (Å²) in [6.07, 6.45) is 1.99. The molecule has 11 heteroatoms. The minimum absolute atomic E-state index is 0.0254. The number of piperazine rings is 2. The van der Waals surface area contributed by atoms with Gasteiger partial charge in [0.25, 0.3) is 0 Å². The van der Waals surface area contributed by atoms with E-state index in [1.165, 1.54) is 18.3 Å². The Balaban J connectivity index is 1.23. The van der Waals surface area contributed by atoms with Gasteiger partial charge in [0.05, 0.1) is 12.1 Å². The summed E-state index contributed by atoms with van der Waals surface area (Å²) < 4.78 is 0. The first kappa shape index (κ1) is 22.0. The van der Waals surface area contributed by atoms with Crippen molar-refractivity contribution in [2.24, 2.45) is 0 Å². The molecule has 2 saturated heterocycles. The summed E-state index contributed by atoms with van der Waals surface area (Å²) in [6.45, 7) is 6.39. The van der Waals surface area contributed by atoms with Crippen LogP contribution in [-0.2, 0) is 16.0 Å². The first-order valence-electron chi connectivity index (χ1n) is 10.7. The summed E-state index contributed by atoms with van der Waals surface area (Å²) >= 11 is 1.31. The number of amides is 4. The standard InChI is InChI=1S/C21H27N7O3S/c1-16(29)25-6-12-28(13-7-25)21(31)24-20-23-17(15-32-20)14-19(30)27-10-8-26(9-11-27)18-4-2-3-5-22-18/h2-5,15H,6-14H2,1H3,(H,23,24,31). The number of hydrogen-bond donors (Lipinski definition) is 1. The van der Waals surface area contributed by atoms with Crippen molar-refractivity contribution in [2.75, 3.05) is 62.6 Å². The lowest BCUT2D eigenvalue weighted by molar-refractivity contribution is -0.131. The van der Waals surface area contributed by atoms with E-state index < -0.39 is 0 Å². The maximum absolute atomic E-state index is 12.7. The molecule has 32 heavy (non-hydrogen) atoms. The van der Waals surface area contributed by atoms with Gasteiger partial charge in [0.15, 0.2) is 5.13 Å². The molecule has 0 unspecified atom stereocenters. The smallest absolute Gasteiger partial charge is 0.323 e. The van der Waals surface area contributed by atoms with Gasteiger partial charge >= 0.3 is 6.03 Å². The van der Waals surface area contributed by atoms with Crippen LogP contribution in [0, 0.1) is 0 Å². The lowest BCUT2D eigenvalue weighted by Gasteiger charge is -2.35. The van der Waals surface area contributed by atoms with E-state index in [-0.39, 0.29) is 24.3 Å². The van der Waals surface area contributed by atoms with Crippen LogP contribution < -0.4 is 10.2 Å². The van der Waals surface area contributed by atoms with Crippen LogP contribution in [0.2, 0.25) is 0 Å². The van der Waals surface area contributed by atoms with Gasteiger partial charge in [-0.3, -0.25) is 14.9 Å². The zero-order chi connectivity index (χ0) is 22.5. The van der Waals surface area contributed by atoms with Crippen LogP contribution in [0.5, 0.6) is 0 Å². The van der Waals surface area contributed by atoms with Crippen molar-refractivity contribution < 1.29 is 14.4 Å². The zero-order valence-electron chi connectivity index (χ0n) is 18.1. The second-order valence-corrected chi connectivity index (χ2v) is 8.66. The van der Waals surface area contributed by atoms with Crippen LogP contribution in [0.15, 0.2) is 29.8 Å². The van der Waals surface area contributed by atoms with Crippen LogP contribution >= 0.6 is 11.3 Å².